The number of anilines is 3. The van der Waals surface area contributed by atoms with Crippen LogP contribution in [0.2, 0.25) is 0 Å². The van der Waals surface area contributed by atoms with E-state index < -0.39 is 0 Å². The van der Waals surface area contributed by atoms with Gasteiger partial charge in [0.2, 0.25) is 0 Å². The summed E-state index contributed by atoms with van der Waals surface area (Å²) in [7, 11) is 0. The highest BCUT2D eigenvalue weighted by Crippen LogP contribution is 2.49. The normalized spacial score (nSPS) is 11.3. The van der Waals surface area contributed by atoms with Crippen molar-refractivity contribution in [1.29, 1.82) is 0 Å². The summed E-state index contributed by atoms with van der Waals surface area (Å²) in [5, 5.41) is 5.16. The van der Waals surface area contributed by atoms with Gasteiger partial charge in [0.05, 0.1) is 5.69 Å². The molecule has 0 unspecified atom stereocenters. The zero-order valence-electron chi connectivity index (χ0n) is 22.9. The molecule has 2 heteroatoms. The highest BCUT2D eigenvalue weighted by atomic mass is 32.1. The van der Waals surface area contributed by atoms with Gasteiger partial charge >= 0.3 is 0 Å². The molecular weight excluding hydrogens is 527 g/mol. The van der Waals surface area contributed by atoms with E-state index in [4.69, 9.17) is 0 Å². The van der Waals surface area contributed by atoms with Crippen LogP contribution >= 0.6 is 11.3 Å². The third kappa shape index (κ3) is 4.16. The van der Waals surface area contributed by atoms with Gasteiger partial charge in [0, 0.05) is 31.5 Å². The molecule has 0 bridgehead atoms. The second-order valence-corrected chi connectivity index (χ2v) is 11.6. The number of rotatable bonds is 5. The number of nitrogens with zero attached hydrogens (tertiary/aromatic N) is 1. The standard InChI is InChI=1S/C40H27NS/c1-4-12-28(13-5-1)29-20-22-31(23-21-29)35-26-27-37(41(32-15-6-2-7-16-32)33-17-8-3-9-18-33)38-36-25-24-30-14-10-11-19-34(30)39(36)42-40(35)38/h1-27H. The van der Waals surface area contributed by atoms with E-state index in [9.17, 15) is 0 Å². The molecule has 198 valence electrons. The first kappa shape index (κ1) is 24.6. The first-order valence-electron chi connectivity index (χ1n) is 14.3. The van der Waals surface area contributed by atoms with Gasteiger partial charge in [-0.25, -0.2) is 0 Å². The molecule has 0 saturated carbocycles. The maximum Gasteiger partial charge on any atom is 0.0555 e. The average molecular weight is 554 g/mol. The van der Waals surface area contributed by atoms with Crippen LogP contribution < -0.4 is 4.90 Å². The lowest BCUT2D eigenvalue weighted by Gasteiger charge is -2.27. The highest BCUT2D eigenvalue weighted by molar-refractivity contribution is 7.27. The Kier molecular flexibility index (Phi) is 6.05. The number of thiophene rings is 1. The Morgan fingerprint density at radius 2 is 0.952 bits per heavy atom. The first-order valence-corrected chi connectivity index (χ1v) is 15.1. The molecule has 0 N–H and O–H groups in total. The SMILES string of the molecule is c1ccc(-c2ccc(-c3ccc(N(c4ccccc4)c4ccccc4)c4c3sc3c5ccccc5ccc34)cc2)cc1. The predicted molar refractivity (Wildman–Crippen MR) is 182 cm³/mol. The van der Waals surface area contributed by atoms with E-state index in [1.54, 1.807) is 0 Å². The number of benzene rings is 7. The minimum absolute atomic E-state index is 1.14. The van der Waals surface area contributed by atoms with E-state index >= 15 is 0 Å². The largest absolute Gasteiger partial charge is 0.310 e. The molecule has 1 nitrogen and oxygen atoms in total. The second kappa shape index (κ2) is 10.3. The van der Waals surface area contributed by atoms with Gasteiger partial charge in [-0.1, -0.05) is 133 Å². The van der Waals surface area contributed by atoms with Gasteiger partial charge in [-0.2, -0.15) is 0 Å². The Labute approximate surface area is 249 Å². The van der Waals surface area contributed by atoms with Crippen LogP contribution in [-0.4, -0.2) is 0 Å². The summed E-state index contributed by atoms with van der Waals surface area (Å²) in [6.45, 7) is 0. The maximum atomic E-state index is 2.39. The van der Waals surface area contributed by atoms with Crippen molar-refractivity contribution in [3.63, 3.8) is 0 Å². The summed E-state index contributed by atoms with van der Waals surface area (Å²) in [5.74, 6) is 0. The summed E-state index contributed by atoms with van der Waals surface area (Å²) in [5.41, 5.74) is 8.43. The van der Waals surface area contributed by atoms with E-state index in [-0.39, 0.29) is 0 Å². The third-order valence-corrected chi connectivity index (χ3v) is 9.33. The highest BCUT2D eigenvalue weighted by Gasteiger charge is 2.21. The second-order valence-electron chi connectivity index (χ2n) is 10.6. The third-order valence-electron chi connectivity index (χ3n) is 8.06. The van der Waals surface area contributed by atoms with Crippen LogP contribution in [0.15, 0.2) is 164 Å². The average Bonchev–Trinajstić information content (AvgIpc) is 3.47. The van der Waals surface area contributed by atoms with Gasteiger partial charge in [-0.15, -0.1) is 11.3 Å². The minimum atomic E-state index is 1.14. The van der Waals surface area contributed by atoms with Gasteiger partial charge < -0.3 is 4.90 Å². The van der Waals surface area contributed by atoms with E-state index in [0.717, 1.165) is 11.4 Å². The Morgan fingerprint density at radius 3 is 1.64 bits per heavy atom. The molecule has 7 aromatic carbocycles. The summed E-state index contributed by atoms with van der Waals surface area (Å²) in [6, 6.07) is 59.0. The molecule has 1 heterocycles. The van der Waals surface area contributed by atoms with Crippen LogP contribution in [0.4, 0.5) is 17.1 Å². The molecule has 0 radical (unpaired) electrons. The van der Waals surface area contributed by atoms with E-state index in [1.807, 2.05) is 11.3 Å². The first-order chi connectivity index (χ1) is 20.8. The van der Waals surface area contributed by atoms with E-state index in [2.05, 4.69) is 169 Å². The molecule has 0 amide bonds. The molecule has 0 aliphatic carbocycles. The van der Waals surface area contributed by atoms with Crippen molar-refractivity contribution in [1.82, 2.24) is 0 Å². The van der Waals surface area contributed by atoms with Crippen molar-refractivity contribution in [2.24, 2.45) is 0 Å². The van der Waals surface area contributed by atoms with Crippen molar-refractivity contribution in [3.8, 4) is 22.3 Å². The Bertz CT molecular complexity index is 2120. The zero-order chi connectivity index (χ0) is 27.9. The van der Waals surface area contributed by atoms with Gasteiger partial charge in [0.15, 0.2) is 0 Å². The fourth-order valence-corrected chi connectivity index (χ4v) is 7.45. The van der Waals surface area contributed by atoms with Crippen LogP contribution in [0, 0.1) is 0 Å². The molecule has 0 spiro atoms. The smallest absolute Gasteiger partial charge is 0.0555 e. The molecule has 8 aromatic rings. The van der Waals surface area contributed by atoms with Crippen molar-refractivity contribution in [3.05, 3.63) is 164 Å². The number of hydrogen-bond donors (Lipinski definition) is 0. The van der Waals surface area contributed by atoms with E-state index in [1.165, 1.54) is 58.9 Å². The Balaban J connectivity index is 1.41. The van der Waals surface area contributed by atoms with Crippen molar-refractivity contribution in [2.45, 2.75) is 0 Å². The van der Waals surface area contributed by atoms with Crippen molar-refractivity contribution < 1.29 is 0 Å². The van der Waals surface area contributed by atoms with Gasteiger partial charge in [0.25, 0.3) is 0 Å². The Morgan fingerprint density at radius 1 is 0.381 bits per heavy atom. The van der Waals surface area contributed by atoms with Gasteiger partial charge in [-0.05, 0) is 63.4 Å². The van der Waals surface area contributed by atoms with Gasteiger partial charge in [-0.3, -0.25) is 0 Å². The van der Waals surface area contributed by atoms with E-state index in [0.29, 0.717) is 0 Å². The van der Waals surface area contributed by atoms with Crippen LogP contribution in [0.25, 0.3) is 53.2 Å². The maximum absolute atomic E-state index is 2.39. The number of para-hydroxylation sites is 2. The van der Waals surface area contributed by atoms with Crippen LogP contribution in [-0.2, 0) is 0 Å². The fourth-order valence-electron chi connectivity index (χ4n) is 6.06. The van der Waals surface area contributed by atoms with Crippen LogP contribution in [0.5, 0.6) is 0 Å². The van der Waals surface area contributed by atoms with Crippen molar-refractivity contribution in [2.75, 3.05) is 4.90 Å². The summed E-state index contributed by atoms with van der Waals surface area (Å²) in [4.78, 5) is 2.39. The van der Waals surface area contributed by atoms with Crippen molar-refractivity contribution >= 4 is 59.3 Å². The molecule has 0 aliphatic rings. The molecule has 1 aromatic heterocycles. The lowest BCUT2D eigenvalue weighted by atomic mass is 9.97. The molecular formula is C40H27NS. The monoisotopic (exact) mass is 553 g/mol. The summed E-state index contributed by atoms with van der Waals surface area (Å²) >= 11 is 1.91. The molecule has 0 atom stereocenters. The fraction of sp³-hybridized carbons (Fsp3) is 0. The topological polar surface area (TPSA) is 3.24 Å². The Hall–Kier alpha value is -5.18. The summed E-state index contributed by atoms with van der Waals surface area (Å²) in [6.07, 6.45) is 0. The number of fused-ring (bicyclic) bond motifs is 5. The molecule has 42 heavy (non-hydrogen) atoms. The van der Waals surface area contributed by atoms with Crippen LogP contribution in [0.3, 0.4) is 0 Å². The van der Waals surface area contributed by atoms with Gasteiger partial charge in [0.1, 0.15) is 0 Å². The zero-order valence-corrected chi connectivity index (χ0v) is 23.8. The molecule has 0 aliphatic heterocycles. The predicted octanol–water partition coefficient (Wildman–Crippen LogP) is 12.0. The minimum Gasteiger partial charge on any atom is -0.310 e. The van der Waals surface area contributed by atoms with Crippen LogP contribution in [0.1, 0.15) is 0 Å². The lowest BCUT2D eigenvalue weighted by molar-refractivity contribution is 1.30. The summed E-state index contributed by atoms with van der Waals surface area (Å²) < 4.78 is 2.64. The molecule has 8 rings (SSSR count). The molecule has 0 saturated heterocycles. The molecule has 0 fully saturated rings. The number of hydrogen-bond acceptors (Lipinski definition) is 2. The lowest BCUT2D eigenvalue weighted by Crippen LogP contribution is -2.10. The quantitative estimate of drug-likeness (QED) is 0.205.